The number of pyridine rings is 1. The molecule has 1 aromatic carbocycles. The van der Waals surface area contributed by atoms with Crippen molar-refractivity contribution in [3.8, 4) is 24.2 Å². The van der Waals surface area contributed by atoms with Gasteiger partial charge in [0.15, 0.2) is 5.54 Å². The Morgan fingerprint density at radius 3 is 2.85 bits per heavy atom. The van der Waals surface area contributed by atoms with Crippen LogP contribution in [-0.2, 0) is 4.84 Å². The Hall–Kier alpha value is -3.16. The number of hydrogen-bond acceptors (Lipinski definition) is 6. The number of aromatic nitrogens is 1. The van der Waals surface area contributed by atoms with Gasteiger partial charge in [-0.05, 0) is 44.5 Å². The lowest BCUT2D eigenvalue weighted by Gasteiger charge is -2.24. The van der Waals surface area contributed by atoms with Gasteiger partial charge in [-0.25, -0.2) is 0 Å². The van der Waals surface area contributed by atoms with Crippen molar-refractivity contribution in [2.75, 3.05) is 7.11 Å². The van der Waals surface area contributed by atoms with Crippen LogP contribution >= 0.6 is 12.2 Å². The van der Waals surface area contributed by atoms with Gasteiger partial charge in [-0.1, -0.05) is 23.3 Å². The lowest BCUT2D eigenvalue weighted by Crippen LogP contribution is -2.49. The van der Waals surface area contributed by atoms with Crippen molar-refractivity contribution in [3.05, 3.63) is 35.5 Å². The van der Waals surface area contributed by atoms with Crippen LogP contribution in [0.1, 0.15) is 25.0 Å². The zero-order valence-electron chi connectivity index (χ0n) is 15.6. The average Bonchev–Trinajstić information content (AvgIpc) is 2.65. The van der Waals surface area contributed by atoms with Gasteiger partial charge in [0.2, 0.25) is 0 Å². The van der Waals surface area contributed by atoms with Crippen molar-refractivity contribution >= 4 is 34.3 Å². The molecular weight excluding hydrogens is 360 g/mol. The second kappa shape index (κ2) is 8.48. The lowest BCUT2D eigenvalue weighted by atomic mass is 10.1. The first-order valence-electron chi connectivity index (χ1n) is 8.16. The largest absolute Gasteiger partial charge is 0.484 e. The number of terminal acetylenes is 1. The first-order valence-corrected chi connectivity index (χ1v) is 8.57. The van der Waals surface area contributed by atoms with Crippen LogP contribution in [0, 0.1) is 30.6 Å². The molecule has 1 aromatic heterocycles. The molecule has 2 unspecified atom stereocenters. The van der Waals surface area contributed by atoms with Gasteiger partial charge in [-0.3, -0.25) is 4.98 Å². The minimum absolute atomic E-state index is 0.370. The molecule has 2 aromatic rings. The SMILES string of the molecule is C#Cc1cnc2c(C)cc(OC(C)C(=S)NC(C)(C#N)C=NOC)cc2c1. The quantitative estimate of drug-likeness (QED) is 0.359. The highest BCUT2D eigenvalue weighted by molar-refractivity contribution is 7.80. The van der Waals surface area contributed by atoms with Gasteiger partial charge >= 0.3 is 0 Å². The summed E-state index contributed by atoms with van der Waals surface area (Å²) in [4.78, 5) is 9.40. The van der Waals surface area contributed by atoms with E-state index < -0.39 is 11.6 Å². The third-order valence-corrected chi connectivity index (χ3v) is 4.26. The van der Waals surface area contributed by atoms with E-state index in [1.54, 1.807) is 20.0 Å². The van der Waals surface area contributed by atoms with E-state index in [9.17, 15) is 5.26 Å². The summed E-state index contributed by atoms with van der Waals surface area (Å²) < 4.78 is 5.97. The fourth-order valence-corrected chi connectivity index (χ4v) is 2.67. The fraction of sp³-hybridized carbons (Fsp3) is 0.300. The summed E-state index contributed by atoms with van der Waals surface area (Å²) in [5, 5.41) is 16.8. The Morgan fingerprint density at radius 2 is 2.22 bits per heavy atom. The van der Waals surface area contributed by atoms with Crippen LogP contribution in [0.3, 0.4) is 0 Å². The molecule has 0 aliphatic heterocycles. The third-order valence-electron chi connectivity index (χ3n) is 3.83. The molecule has 0 radical (unpaired) electrons. The minimum Gasteiger partial charge on any atom is -0.484 e. The van der Waals surface area contributed by atoms with Crippen LogP contribution in [0.5, 0.6) is 5.75 Å². The molecule has 0 bridgehead atoms. The molecule has 0 aliphatic carbocycles. The lowest BCUT2D eigenvalue weighted by molar-refractivity contribution is 0.213. The number of aryl methyl sites for hydroxylation is 1. The van der Waals surface area contributed by atoms with E-state index >= 15 is 0 Å². The highest BCUT2D eigenvalue weighted by Crippen LogP contribution is 2.25. The molecule has 7 heteroatoms. The van der Waals surface area contributed by atoms with Crippen LogP contribution in [0.2, 0.25) is 0 Å². The van der Waals surface area contributed by atoms with Crippen molar-refractivity contribution in [1.82, 2.24) is 10.3 Å². The summed E-state index contributed by atoms with van der Waals surface area (Å²) >= 11 is 5.38. The van der Waals surface area contributed by atoms with Gasteiger partial charge in [0.1, 0.15) is 24.0 Å². The van der Waals surface area contributed by atoms with Crippen molar-refractivity contribution in [2.45, 2.75) is 32.4 Å². The second-order valence-corrected chi connectivity index (χ2v) is 6.60. The van der Waals surface area contributed by atoms with Crippen molar-refractivity contribution in [1.29, 1.82) is 5.26 Å². The van der Waals surface area contributed by atoms with Crippen LogP contribution < -0.4 is 10.1 Å². The average molecular weight is 380 g/mol. The summed E-state index contributed by atoms with van der Waals surface area (Å²) in [7, 11) is 1.40. The normalized spacial score (nSPS) is 14.0. The number of rotatable bonds is 6. The van der Waals surface area contributed by atoms with Gasteiger partial charge < -0.3 is 14.9 Å². The molecular formula is C20H20N4O2S. The van der Waals surface area contributed by atoms with Crippen LogP contribution in [0.4, 0.5) is 0 Å². The zero-order chi connectivity index (χ0) is 20.0. The third kappa shape index (κ3) is 4.93. The highest BCUT2D eigenvalue weighted by Gasteiger charge is 2.25. The molecule has 1 heterocycles. The van der Waals surface area contributed by atoms with E-state index in [0.29, 0.717) is 16.3 Å². The summed E-state index contributed by atoms with van der Waals surface area (Å²) in [6.07, 6.45) is 8.00. The van der Waals surface area contributed by atoms with Gasteiger partial charge in [-0.15, -0.1) is 6.42 Å². The van der Waals surface area contributed by atoms with Gasteiger partial charge in [0.05, 0.1) is 17.8 Å². The number of thiocarbonyl (C=S) groups is 1. The molecule has 2 atom stereocenters. The zero-order valence-corrected chi connectivity index (χ0v) is 16.4. The smallest absolute Gasteiger partial charge is 0.162 e. The maximum absolute atomic E-state index is 9.35. The Bertz CT molecular complexity index is 974. The van der Waals surface area contributed by atoms with Crippen LogP contribution in [0.25, 0.3) is 10.9 Å². The molecule has 138 valence electrons. The monoisotopic (exact) mass is 380 g/mol. The molecule has 0 fully saturated rings. The molecule has 0 saturated carbocycles. The summed E-state index contributed by atoms with van der Waals surface area (Å²) in [6.45, 7) is 5.39. The summed E-state index contributed by atoms with van der Waals surface area (Å²) in [6, 6.07) is 7.74. The summed E-state index contributed by atoms with van der Waals surface area (Å²) in [5.41, 5.74) is 1.43. The molecule has 27 heavy (non-hydrogen) atoms. The standard InChI is InChI=1S/C20H20N4O2S/c1-6-15-8-16-9-17(7-13(2)18(16)22-10-15)26-14(3)19(27)24-20(4,11-21)12-23-25-5/h1,7-10,12,14H,2-5H3,(H,24,27). The number of nitrogens with one attached hydrogen (secondary N) is 1. The van der Waals surface area contributed by atoms with E-state index in [1.165, 1.54) is 13.3 Å². The number of fused-ring (bicyclic) bond motifs is 1. The first-order chi connectivity index (χ1) is 12.8. The molecule has 0 aliphatic rings. The van der Waals surface area contributed by atoms with E-state index in [1.807, 2.05) is 25.1 Å². The Morgan fingerprint density at radius 1 is 1.48 bits per heavy atom. The number of ether oxygens (including phenoxy) is 1. The van der Waals surface area contributed by atoms with E-state index in [0.717, 1.165) is 16.5 Å². The van der Waals surface area contributed by atoms with Crippen LogP contribution in [0.15, 0.2) is 29.6 Å². The van der Waals surface area contributed by atoms with Crippen molar-refractivity contribution in [3.63, 3.8) is 0 Å². The molecule has 1 N–H and O–H groups in total. The second-order valence-electron chi connectivity index (χ2n) is 6.16. The van der Waals surface area contributed by atoms with Crippen molar-refractivity contribution in [2.24, 2.45) is 5.16 Å². The molecule has 6 nitrogen and oxygen atoms in total. The van der Waals surface area contributed by atoms with E-state index in [2.05, 4.69) is 32.3 Å². The predicted octanol–water partition coefficient (Wildman–Crippen LogP) is 3.12. The Balaban J connectivity index is 2.21. The van der Waals surface area contributed by atoms with Gasteiger partial charge in [0.25, 0.3) is 0 Å². The van der Waals surface area contributed by atoms with E-state index in [4.69, 9.17) is 23.4 Å². The fourth-order valence-electron chi connectivity index (χ4n) is 2.41. The predicted molar refractivity (Wildman–Crippen MR) is 110 cm³/mol. The molecule has 0 spiro atoms. The van der Waals surface area contributed by atoms with Gasteiger partial charge in [-0.2, -0.15) is 5.26 Å². The number of hydrogen-bond donors (Lipinski definition) is 1. The number of nitriles is 1. The number of benzene rings is 1. The van der Waals surface area contributed by atoms with Gasteiger partial charge in [0, 0.05) is 17.1 Å². The maximum atomic E-state index is 9.35. The molecule has 0 amide bonds. The highest BCUT2D eigenvalue weighted by atomic mass is 32.1. The van der Waals surface area contributed by atoms with Crippen molar-refractivity contribution < 1.29 is 9.57 Å². The summed E-state index contributed by atoms with van der Waals surface area (Å²) in [5.74, 6) is 3.21. The number of nitrogens with zero attached hydrogens (tertiary/aromatic N) is 3. The van der Waals surface area contributed by atoms with Crippen LogP contribution in [-0.4, -0.2) is 34.9 Å². The maximum Gasteiger partial charge on any atom is 0.162 e. The minimum atomic E-state index is -1.10. The topological polar surface area (TPSA) is 79.5 Å². The first kappa shape index (κ1) is 20.2. The van der Waals surface area contributed by atoms with E-state index in [-0.39, 0.29) is 0 Å². The molecule has 2 rings (SSSR count). The Kier molecular flexibility index (Phi) is 6.33. The number of oxime groups is 1. The molecule has 0 saturated heterocycles. The Labute approximate surface area is 164 Å².